The normalized spacial score (nSPS) is 21.8. The molecule has 3 amide bonds. The van der Waals surface area contributed by atoms with Crippen LogP contribution in [-0.4, -0.2) is 75.7 Å². The molecule has 0 spiro atoms. The lowest BCUT2D eigenvalue weighted by atomic mass is 9.84. The smallest absolute Gasteiger partial charge is 0.408 e. The number of rotatable bonds is 13. The third-order valence-electron chi connectivity index (χ3n) is 7.44. The number of fused-ring (bicyclic) bond motifs is 1. The van der Waals surface area contributed by atoms with Crippen LogP contribution in [0.15, 0.2) is 30.3 Å². The first-order chi connectivity index (χ1) is 18.7. The van der Waals surface area contributed by atoms with Gasteiger partial charge in [0.2, 0.25) is 11.8 Å². The minimum atomic E-state index is -1.41. The van der Waals surface area contributed by atoms with Crippen molar-refractivity contribution in [1.29, 1.82) is 0 Å². The van der Waals surface area contributed by atoms with Crippen molar-refractivity contribution < 1.29 is 38.9 Å². The molecule has 1 aliphatic heterocycles. The molecule has 0 bridgehead atoms. The second-order valence-corrected chi connectivity index (χ2v) is 10.1. The Hall–Kier alpha value is -3.67. The van der Waals surface area contributed by atoms with Crippen LogP contribution in [0.2, 0.25) is 0 Å². The summed E-state index contributed by atoms with van der Waals surface area (Å²) in [5, 5.41) is 24.3. The summed E-state index contributed by atoms with van der Waals surface area (Å²) < 4.78 is 5.17. The van der Waals surface area contributed by atoms with Crippen molar-refractivity contribution in [2.45, 2.75) is 88.6 Å². The molecule has 2 fully saturated rings. The molecule has 214 valence electrons. The average Bonchev–Trinajstić information content (AvgIpc) is 3.32. The molecule has 0 radical (unpaired) electrons. The number of carboxylic acid groups (broad SMARTS) is 2. The predicted octanol–water partition coefficient (Wildman–Crippen LogP) is 1.61. The highest BCUT2D eigenvalue weighted by Crippen LogP contribution is 2.40. The zero-order chi connectivity index (χ0) is 28.4. The number of alkyl carbamates (subject to hydrolysis) is 1. The number of carbonyl (C=O) groups excluding carboxylic acids is 3. The number of carboxylic acids is 2. The van der Waals surface area contributed by atoms with Gasteiger partial charge in [-0.25, -0.2) is 14.4 Å². The van der Waals surface area contributed by atoms with E-state index in [9.17, 15) is 34.2 Å². The standard InChI is InChI=1S/C27H38N4O8/c28-14-6-10-19(30-27(38)39-16-17-7-2-1-3-8-17)24(33)29-20(25(34)35)12-13-23(32)31-21-11-5-4-9-18(21)15-22(31)26(36)37/h1-3,7-8,18-22H,4-6,9-16,28H2,(H,29,33)(H,30,38)(H,34,35)(H,36,37)/t18-,19-,20+,21-,22-/m0/s1. The first kappa shape index (κ1) is 29.9. The van der Waals surface area contributed by atoms with E-state index in [1.807, 2.05) is 6.07 Å². The van der Waals surface area contributed by atoms with E-state index in [1.165, 1.54) is 4.90 Å². The van der Waals surface area contributed by atoms with Crippen molar-refractivity contribution >= 4 is 29.8 Å². The largest absolute Gasteiger partial charge is 0.480 e. The Morgan fingerprint density at radius 2 is 1.72 bits per heavy atom. The van der Waals surface area contributed by atoms with E-state index in [0.717, 1.165) is 31.2 Å². The Kier molecular flexibility index (Phi) is 11.1. The van der Waals surface area contributed by atoms with Crippen molar-refractivity contribution in [2.24, 2.45) is 11.7 Å². The zero-order valence-electron chi connectivity index (χ0n) is 21.9. The molecule has 0 unspecified atom stereocenters. The van der Waals surface area contributed by atoms with Crippen molar-refractivity contribution in [1.82, 2.24) is 15.5 Å². The minimum absolute atomic E-state index is 0.00650. The summed E-state index contributed by atoms with van der Waals surface area (Å²) in [5.74, 6) is -3.44. The monoisotopic (exact) mass is 546 g/mol. The van der Waals surface area contributed by atoms with E-state index < -0.39 is 48.0 Å². The Balaban J connectivity index is 1.58. The summed E-state index contributed by atoms with van der Waals surface area (Å²) in [7, 11) is 0. The summed E-state index contributed by atoms with van der Waals surface area (Å²) >= 11 is 0. The summed E-state index contributed by atoms with van der Waals surface area (Å²) in [5.41, 5.74) is 6.32. The molecule has 2 aliphatic rings. The topological polar surface area (TPSA) is 188 Å². The number of aliphatic carboxylic acids is 2. The van der Waals surface area contributed by atoms with Gasteiger partial charge in [-0.15, -0.1) is 0 Å². The van der Waals surface area contributed by atoms with Crippen LogP contribution in [0.25, 0.3) is 0 Å². The van der Waals surface area contributed by atoms with Crippen LogP contribution in [0, 0.1) is 5.92 Å². The molecule has 1 aromatic carbocycles. The van der Waals surface area contributed by atoms with Crippen molar-refractivity contribution in [3.8, 4) is 0 Å². The van der Waals surface area contributed by atoms with Crippen LogP contribution in [0.1, 0.15) is 63.4 Å². The van der Waals surface area contributed by atoms with Crippen LogP contribution in [-0.2, 0) is 30.5 Å². The lowest BCUT2D eigenvalue weighted by molar-refractivity contribution is -0.150. The van der Waals surface area contributed by atoms with E-state index in [4.69, 9.17) is 10.5 Å². The van der Waals surface area contributed by atoms with E-state index in [1.54, 1.807) is 24.3 Å². The molecule has 1 saturated heterocycles. The zero-order valence-corrected chi connectivity index (χ0v) is 21.9. The van der Waals surface area contributed by atoms with Gasteiger partial charge in [-0.3, -0.25) is 9.59 Å². The highest BCUT2D eigenvalue weighted by Gasteiger charge is 2.47. The summed E-state index contributed by atoms with van der Waals surface area (Å²) in [4.78, 5) is 63.5. The minimum Gasteiger partial charge on any atom is -0.480 e. The Morgan fingerprint density at radius 1 is 1.00 bits per heavy atom. The van der Waals surface area contributed by atoms with Crippen LogP contribution in [0.5, 0.6) is 0 Å². The molecule has 1 aliphatic carbocycles. The Morgan fingerprint density at radius 3 is 2.38 bits per heavy atom. The maximum Gasteiger partial charge on any atom is 0.408 e. The molecule has 6 N–H and O–H groups in total. The maximum atomic E-state index is 13.1. The van der Waals surface area contributed by atoms with E-state index in [2.05, 4.69) is 10.6 Å². The van der Waals surface area contributed by atoms with Crippen LogP contribution >= 0.6 is 0 Å². The van der Waals surface area contributed by atoms with Gasteiger partial charge in [0.05, 0.1) is 0 Å². The fraction of sp³-hybridized carbons (Fsp3) is 0.593. The number of amides is 3. The van der Waals surface area contributed by atoms with E-state index >= 15 is 0 Å². The van der Waals surface area contributed by atoms with E-state index in [0.29, 0.717) is 12.8 Å². The fourth-order valence-corrected chi connectivity index (χ4v) is 5.46. The van der Waals surface area contributed by atoms with Gasteiger partial charge in [0, 0.05) is 12.5 Å². The number of hydrogen-bond acceptors (Lipinski definition) is 7. The van der Waals surface area contributed by atoms with Crippen LogP contribution < -0.4 is 16.4 Å². The molecule has 39 heavy (non-hydrogen) atoms. The number of benzene rings is 1. The van der Waals surface area contributed by atoms with Gasteiger partial charge < -0.3 is 36.2 Å². The highest BCUT2D eigenvalue weighted by atomic mass is 16.5. The number of nitrogens with zero attached hydrogens (tertiary/aromatic N) is 1. The van der Waals surface area contributed by atoms with Crippen LogP contribution in [0.4, 0.5) is 4.79 Å². The highest BCUT2D eigenvalue weighted by molar-refractivity contribution is 5.90. The number of hydrogen-bond donors (Lipinski definition) is 5. The molecule has 0 aromatic heterocycles. The molecule has 12 nitrogen and oxygen atoms in total. The number of nitrogens with two attached hydrogens (primary N) is 1. The summed E-state index contributed by atoms with van der Waals surface area (Å²) in [6.07, 6.45) is 3.18. The van der Waals surface area contributed by atoms with Gasteiger partial charge in [-0.05, 0) is 56.6 Å². The number of ether oxygens (including phenoxy) is 1. The molecule has 1 aromatic rings. The summed E-state index contributed by atoms with van der Waals surface area (Å²) in [6.45, 7) is 0.248. The van der Waals surface area contributed by atoms with Crippen LogP contribution in [0.3, 0.4) is 0 Å². The van der Waals surface area contributed by atoms with Gasteiger partial charge in [0.15, 0.2) is 0 Å². The predicted molar refractivity (Wildman–Crippen MR) is 139 cm³/mol. The third kappa shape index (κ3) is 8.41. The molecule has 5 atom stereocenters. The second-order valence-electron chi connectivity index (χ2n) is 10.1. The quantitative estimate of drug-likeness (QED) is 0.245. The van der Waals surface area contributed by atoms with Gasteiger partial charge >= 0.3 is 18.0 Å². The maximum absolute atomic E-state index is 13.1. The van der Waals surface area contributed by atoms with Crippen molar-refractivity contribution in [2.75, 3.05) is 6.54 Å². The molecular weight excluding hydrogens is 508 g/mol. The van der Waals surface area contributed by atoms with Gasteiger partial charge in [0.25, 0.3) is 0 Å². The number of carbonyl (C=O) groups is 5. The molecule has 3 rings (SSSR count). The molecule has 1 heterocycles. The number of nitrogens with one attached hydrogen (secondary N) is 2. The van der Waals surface area contributed by atoms with Gasteiger partial charge in [-0.1, -0.05) is 43.2 Å². The van der Waals surface area contributed by atoms with Gasteiger partial charge in [0.1, 0.15) is 24.7 Å². The summed E-state index contributed by atoms with van der Waals surface area (Å²) in [6, 6.07) is 5.40. The molecule has 12 heteroatoms. The van der Waals surface area contributed by atoms with E-state index in [-0.39, 0.29) is 44.4 Å². The Labute approximate surface area is 227 Å². The van der Waals surface area contributed by atoms with Gasteiger partial charge in [-0.2, -0.15) is 0 Å². The first-order valence-electron chi connectivity index (χ1n) is 13.5. The molecular formula is C27H38N4O8. The first-order valence-corrected chi connectivity index (χ1v) is 13.5. The SMILES string of the molecule is NCCC[C@H](NC(=O)OCc1ccccc1)C(=O)N[C@H](CCC(=O)N1[C@H](C(=O)O)C[C@@H]2CCCC[C@@H]21)C(=O)O. The Bertz CT molecular complexity index is 1020. The average molecular weight is 547 g/mol. The second kappa shape index (κ2) is 14.5. The van der Waals surface area contributed by atoms with Crippen molar-refractivity contribution in [3.05, 3.63) is 35.9 Å². The number of likely N-dealkylation sites (tertiary alicyclic amines) is 1. The van der Waals surface area contributed by atoms with Crippen molar-refractivity contribution in [3.63, 3.8) is 0 Å². The molecule has 1 saturated carbocycles. The lowest BCUT2D eigenvalue weighted by Gasteiger charge is -2.33. The fourth-order valence-electron chi connectivity index (χ4n) is 5.46. The third-order valence-corrected chi connectivity index (χ3v) is 7.44. The lowest BCUT2D eigenvalue weighted by Crippen LogP contribution is -2.52.